The fraction of sp³-hybridized carbons (Fsp3) is 0.393. The second-order valence-corrected chi connectivity index (χ2v) is 9.34. The maximum Gasteiger partial charge on any atom is 0.225 e. The molecule has 170 valence electrons. The maximum atomic E-state index is 12.7. The van der Waals surface area contributed by atoms with Crippen molar-refractivity contribution in [3.8, 4) is 11.4 Å². The number of anilines is 1. The first-order chi connectivity index (χ1) is 16.1. The number of amides is 1. The predicted molar refractivity (Wildman–Crippen MR) is 132 cm³/mol. The fourth-order valence-electron chi connectivity index (χ4n) is 4.82. The molecule has 2 aliphatic rings. The molecule has 1 saturated carbocycles. The third kappa shape index (κ3) is 4.50. The molecular formula is C28H32N4O. The number of hydrogen-bond acceptors (Lipinski definition) is 4. The second kappa shape index (κ2) is 9.34. The van der Waals surface area contributed by atoms with Gasteiger partial charge in [0.05, 0.1) is 0 Å². The summed E-state index contributed by atoms with van der Waals surface area (Å²) in [6.45, 7) is 7.41. The lowest BCUT2D eigenvalue weighted by Crippen LogP contribution is -2.51. The Morgan fingerprint density at radius 3 is 2.27 bits per heavy atom. The number of rotatable bonds is 5. The van der Waals surface area contributed by atoms with Crippen LogP contribution in [-0.4, -0.2) is 47.0 Å². The summed E-state index contributed by atoms with van der Waals surface area (Å²) in [5.74, 6) is 2.40. The highest BCUT2D eigenvalue weighted by Gasteiger charge is 2.32. The number of nitrogens with zero attached hydrogens (tertiary/aromatic N) is 4. The molecule has 1 amide bonds. The Bertz CT molecular complexity index is 1130. The van der Waals surface area contributed by atoms with Crippen molar-refractivity contribution in [3.63, 3.8) is 0 Å². The van der Waals surface area contributed by atoms with Crippen LogP contribution in [0.4, 0.5) is 5.82 Å². The summed E-state index contributed by atoms with van der Waals surface area (Å²) in [4.78, 5) is 27.2. The molecule has 2 heterocycles. The van der Waals surface area contributed by atoms with Crippen LogP contribution in [0.3, 0.4) is 0 Å². The molecule has 33 heavy (non-hydrogen) atoms. The van der Waals surface area contributed by atoms with Gasteiger partial charge < -0.3 is 9.80 Å². The van der Waals surface area contributed by atoms with Gasteiger partial charge in [0, 0.05) is 55.3 Å². The molecule has 2 aromatic carbocycles. The molecule has 5 rings (SSSR count). The van der Waals surface area contributed by atoms with Crippen LogP contribution in [0.15, 0.2) is 54.6 Å². The SMILES string of the molecule is Cc1ccccc1Cc1c(C)nc(-c2ccccc2)nc1N1CCN(C(=O)C2CCC2)CC1. The largest absolute Gasteiger partial charge is 0.353 e. The summed E-state index contributed by atoms with van der Waals surface area (Å²) in [6, 6.07) is 18.7. The highest BCUT2D eigenvalue weighted by Crippen LogP contribution is 2.31. The van der Waals surface area contributed by atoms with Crippen molar-refractivity contribution in [1.82, 2.24) is 14.9 Å². The van der Waals surface area contributed by atoms with E-state index < -0.39 is 0 Å². The zero-order chi connectivity index (χ0) is 22.8. The van der Waals surface area contributed by atoms with Crippen molar-refractivity contribution < 1.29 is 4.79 Å². The lowest BCUT2D eigenvalue weighted by molar-refractivity contribution is -0.138. The third-order valence-corrected chi connectivity index (χ3v) is 7.20. The van der Waals surface area contributed by atoms with Crippen molar-refractivity contribution in [1.29, 1.82) is 0 Å². The average Bonchev–Trinajstić information content (AvgIpc) is 2.81. The molecule has 1 aliphatic carbocycles. The van der Waals surface area contributed by atoms with Crippen LogP contribution in [-0.2, 0) is 11.2 Å². The first-order valence-electron chi connectivity index (χ1n) is 12.1. The third-order valence-electron chi connectivity index (χ3n) is 7.20. The molecule has 0 unspecified atom stereocenters. The van der Waals surface area contributed by atoms with E-state index >= 15 is 0 Å². The molecule has 0 spiro atoms. The van der Waals surface area contributed by atoms with E-state index in [0.29, 0.717) is 5.91 Å². The van der Waals surface area contributed by atoms with Gasteiger partial charge in [-0.1, -0.05) is 61.0 Å². The molecule has 1 saturated heterocycles. The van der Waals surface area contributed by atoms with Crippen molar-refractivity contribution >= 4 is 11.7 Å². The summed E-state index contributed by atoms with van der Waals surface area (Å²) in [7, 11) is 0. The number of piperazine rings is 1. The minimum Gasteiger partial charge on any atom is -0.353 e. The highest BCUT2D eigenvalue weighted by atomic mass is 16.2. The summed E-state index contributed by atoms with van der Waals surface area (Å²) in [6.07, 6.45) is 4.13. The number of aryl methyl sites for hydroxylation is 2. The number of benzene rings is 2. The molecule has 3 aromatic rings. The Labute approximate surface area is 196 Å². The van der Waals surface area contributed by atoms with Gasteiger partial charge in [0.15, 0.2) is 5.82 Å². The second-order valence-electron chi connectivity index (χ2n) is 9.34. The maximum absolute atomic E-state index is 12.7. The molecule has 5 nitrogen and oxygen atoms in total. The quantitative estimate of drug-likeness (QED) is 0.572. The number of aromatic nitrogens is 2. The molecule has 0 bridgehead atoms. The lowest BCUT2D eigenvalue weighted by Gasteiger charge is -2.39. The van der Waals surface area contributed by atoms with Crippen LogP contribution in [0, 0.1) is 19.8 Å². The van der Waals surface area contributed by atoms with Crippen molar-refractivity contribution in [2.24, 2.45) is 5.92 Å². The van der Waals surface area contributed by atoms with Gasteiger partial charge in [0.2, 0.25) is 5.91 Å². The normalized spacial score (nSPS) is 16.5. The molecule has 0 radical (unpaired) electrons. The van der Waals surface area contributed by atoms with E-state index in [9.17, 15) is 4.79 Å². The van der Waals surface area contributed by atoms with Crippen LogP contribution >= 0.6 is 0 Å². The van der Waals surface area contributed by atoms with Crippen LogP contribution in [0.5, 0.6) is 0 Å². The molecule has 2 fully saturated rings. The summed E-state index contributed by atoms with van der Waals surface area (Å²) < 4.78 is 0. The smallest absolute Gasteiger partial charge is 0.225 e. The molecular weight excluding hydrogens is 408 g/mol. The Morgan fingerprint density at radius 1 is 0.909 bits per heavy atom. The summed E-state index contributed by atoms with van der Waals surface area (Å²) >= 11 is 0. The first-order valence-corrected chi connectivity index (χ1v) is 12.1. The minimum absolute atomic E-state index is 0.263. The number of hydrogen-bond donors (Lipinski definition) is 0. The van der Waals surface area contributed by atoms with E-state index in [1.54, 1.807) is 0 Å². The Morgan fingerprint density at radius 2 is 1.61 bits per heavy atom. The van der Waals surface area contributed by atoms with E-state index in [4.69, 9.17) is 9.97 Å². The topological polar surface area (TPSA) is 49.3 Å². The monoisotopic (exact) mass is 440 g/mol. The van der Waals surface area contributed by atoms with Gasteiger partial charge >= 0.3 is 0 Å². The zero-order valence-corrected chi connectivity index (χ0v) is 19.6. The standard InChI is InChI=1S/C28H32N4O/c1-20-9-6-7-12-24(20)19-25-21(2)29-26(22-10-4-3-5-11-22)30-27(25)31-15-17-32(18-16-31)28(33)23-13-8-14-23/h3-7,9-12,23H,8,13-19H2,1-2H3. The number of carbonyl (C=O) groups excluding carboxylic acids is 1. The first kappa shape index (κ1) is 21.6. The highest BCUT2D eigenvalue weighted by molar-refractivity contribution is 5.80. The number of carbonyl (C=O) groups is 1. The van der Waals surface area contributed by atoms with Crippen molar-refractivity contribution in [2.75, 3.05) is 31.1 Å². The van der Waals surface area contributed by atoms with Crippen molar-refractivity contribution in [3.05, 3.63) is 77.0 Å². The fourth-order valence-corrected chi connectivity index (χ4v) is 4.82. The molecule has 0 N–H and O–H groups in total. The van der Waals surface area contributed by atoms with Crippen LogP contribution < -0.4 is 4.90 Å². The van der Waals surface area contributed by atoms with Gasteiger partial charge in [-0.05, 0) is 37.8 Å². The van der Waals surface area contributed by atoms with E-state index in [0.717, 1.165) is 68.3 Å². The summed E-state index contributed by atoms with van der Waals surface area (Å²) in [5, 5.41) is 0. The van der Waals surface area contributed by atoms with Gasteiger partial charge in [-0.2, -0.15) is 0 Å². The van der Waals surface area contributed by atoms with Crippen LogP contribution in [0.25, 0.3) is 11.4 Å². The van der Waals surface area contributed by atoms with Gasteiger partial charge in [0.1, 0.15) is 5.82 Å². The Kier molecular flexibility index (Phi) is 6.12. The summed E-state index contributed by atoms with van der Waals surface area (Å²) in [5.41, 5.74) is 5.82. The molecule has 0 atom stereocenters. The van der Waals surface area contributed by atoms with E-state index in [-0.39, 0.29) is 5.92 Å². The van der Waals surface area contributed by atoms with Crippen molar-refractivity contribution in [2.45, 2.75) is 39.5 Å². The van der Waals surface area contributed by atoms with Crippen LogP contribution in [0.2, 0.25) is 0 Å². The molecule has 1 aliphatic heterocycles. The Balaban J connectivity index is 1.46. The van der Waals surface area contributed by atoms with Gasteiger partial charge in [-0.25, -0.2) is 9.97 Å². The van der Waals surface area contributed by atoms with Gasteiger partial charge in [-0.3, -0.25) is 4.79 Å². The lowest BCUT2D eigenvalue weighted by atomic mass is 9.84. The average molecular weight is 441 g/mol. The van der Waals surface area contributed by atoms with E-state index in [1.165, 1.54) is 23.1 Å². The zero-order valence-electron chi connectivity index (χ0n) is 19.6. The molecule has 5 heteroatoms. The van der Waals surface area contributed by atoms with Gasteiger partial charge in [-0.15, -0.1) is 0 Å². The molecule has 1 aromatic heterocycles. The van der Waals surface area contributed by atoms with E-state index in [2.05, 4.69) is 60.0 Å². The predicted octanol–water partition coefficient (Wildman–Crippen LogP) is 4.80. The Hall–Kier alpha value is -3.21. The minimum atomic E-state index is 0.263. The van der Waals surface area contributed by atoms with E-state index in [1.807, 2.05) is 18.2 Å². The van der Waals surface area contributed by atoms with Crippen LogP contribution in [0.1, 0.15) is 41.6 Å². The van der Waals surface area contributed by atoms with Gasteiger partial charge in [0.25, 0.3) is 0 Å².